The summed E-state index contributed by atoms with van der Waals surface area (Å²) in [5.41, 5.74) is 3.81. The second-order valence-electron chi connectivity index (χ2n) is 7.13. The van der Waals surface area contributed by atoms with Crippen molar-refractivity contribution in [2.75, 3.05) is 7.11 Å². The van der Waals surface area contributed by atoms with E-state index >= 15 is 0 Å². The van der Waals surface area contributed by atoms with Crippen molar-refractivity contribution in [3.63, 3.8) is 0 Å². The molecule has 0 N–H and O–H groups in total. The van der Waals surface area contributed by atoms with Crippen molar-refractivity contribution in [2.24, 2.45) is 0 Å². The molecule has 0 aliphatic rings. The number of aromatic nitrogens is 3. The summed E-state index contributed by atoms with van der Waals surface area (Å²) in [4.78, 5) is 24.6. The zero-order valence-corrected chi connectivity index (χ0v) is 18.7. The highest BCUT2D eigenvalue weighted by Gasteiger charge is 2.17. The summed E-state index contributed by atoms with van der Waals surface area (Å²) in [7, 11) is 1.65. The molecule has 0 saturated carbocycles. The molecule has 154 valence electrons. The Hall–Kier alpha value is -3.29. The Morgan fingerprint density at radius 2 is 1.87 bits per heavy atom. The Bertz CT molecular complexity index is 1430. The Balaban J connectivity index is 1.53. The quantitative estimate of drug-likeness (QED) is 0.353. The third-order valence-corrected chi connectivity index (χ3v) is 7.07. The van der Waals surface area contributed by atoms with Crippen LogP contribution in [-0.2, 0) is 6.54 Å². The van der Waals surface area contributed by atoms with Gasteiger partial charge in [0.05, 0.1) is 31.1 Å². The molecule has 2 aromatic carbocycles. The van der Waals surface area contributed by atoms with Crippen molar-refractivity contribution in [3.05, 3.63) is 87.2 Å². The number of aryl methyl sites for hydroxylation is 1. The molecule has 0 aliphatic heterocycles. The van der Waals surface area contributed by atoms with E-state index < -0.39 is 0 Å². The fourth-order valence-electron chi connectivity index (χ4n) is 3.65. The van der Waals surface area contributed by atoms with Gasteiger partial charge in [0.25, 0.3) is 5.56 Å². The molecule has 0 saturated heterocycles. The SMILES string of the molecule is COc1cccc(-c2nc(Cn3cnc4sc(C)c(-c5ccccc5)c4c3=O)cs2)c1. The van der Waals surface area contributed by atoms with Crippen LogP contribution in [0.25, 0.3) is 31.9 Å². The highest BCUT2D eigenvalue weighted by atomic mass is 32.1. The minimum atomic E-state index is -0.0378. The molecule has 0 aliphatic carbocycles. The molecule has 31 heavy (non-hydrogen) atoms. The third kappa shape index (κ3) is 3.66. The minimum Gasteiger partial charge on any atom is -0.497 e. The molecule has 0 amide bonds. The lowest BCUT2D eigenvalue weighted by molar-refractivity contribution is 0.415. The topological polar surface area (TPSA) is 57.0 Å². The van der Waals surface area contributed by atoms with Crippen LogP contribution in [0, 0.1) is 6.92 Å². The van der Waals surface area contributed by atoms with Crippen LogP contribution < -0.4 is 10.3 Å². The second-order valence-corrected chi connectivity index (χ2v) is 9.19. The zero-order chi connectivity index (χ0) is 21.4. The minimum absolute atomic E-state index is 0.0378. The number of rotatable bonds is 5. The number of hydrogen-bond acceptors (Lipinski definition) is 6. The second kappa shape index (κ2) is 8.09. The van der Waals surface area contributed by atoms with Gasteiger partial charge >= 0.3 is 0 Å². The number of hydrogen-bond donors (Lipinski definition) is 0. The number of nitrogens with zero attached hydrogens (tertiary/aromatic N) is 3. The van der Waals surface area contributed by atoms with Crippen molar-refractivity contribution >= 4 is 32.9 Å². The van der Waals surface area contributed by atoms with Crippen molar-refractivity contribution in [1.82, 2.24) is 14.5 Å². The Morgan fingerprint density at radius 1 is 1.06 bits per heavy atom. The number of thiazole rings is 1. The smallest absolute Gasteiger partial charge is 0.263 e. The molecule has 0 unspecified atom stereocenters. The van der Waals surface area contributed by atoms with Crippen molar-refractivity contribution < 1.29 is 4.74 Å². The van der Waals surface area contributed by atoms with Gasteiger partial charge in [0, 0.05) is 21.4 Å². The third-order valence-electron chi connectivity index (χ3n) is 5.12. The Morgan fingerprint density at radius 3 is 2.68 bits per heavy atom. The molecule has 5 rings (SSSR count). The van der Waals surface area contributed by atoms with E-state index in [2.05, 4.69) is 4.98 Å². The van der Waals surface area contributed by atoms with Crippen LogP contribution in [0.2, 0.25) is 0 Å². The number of benzene rings is 2. The molecule has 7 heteroatoms. The lowest BCUT2D eigenvalue weighted by Crippen LogP contribution is -2.21. The molecule has 3 aromatic heterocycles. The van der Waals surface area contributed by atoms with Crippen LogP contribution in [-0.4, -0.2) is 21.6 Å². The number of ether oxygens (including phenoxy) is 1. The van der Waals surface area contributed by atoms with Crippen molar-refractivity contribution in [3.8, 4) is 27.4 Å². The summed E-state index contributed by atoms with van der Waals surface area (Å²) in [5.74, 6) is 0.793. The largest absolute Gasteiger partial charge is 0.497 e. The van der Waals surface area contributed by atoms with Crippen LogP contribution in [0.3, 0.4) is 0 Å². The molecular formula is C24H19N3O2S2. The van der Waals surface area contributed by atoms with Gasteiger partial charge in [-0.05, 0) is 24.6 Å². The Kier molecular flexibility index (Phi) is 5.13. The summed E-state index contributed by atoms with van der Waals surface area (Å²) >= 11 is 3.11. The average Bonchev–Trinajstić information content (AvgIpc) is 3.40. The lowest BCUT2D eigenvalue weighted by Gasteiger charge is -2.05. The molecule has 0 fully saturated rings. The molecule has 0 radical (unpaired) electrons. The summed E-state index contributed by atoms with van der Waals surface area (Å²) in [6.45, 7) is 2.42. The van der Waals surface area contributed by atoms with E-state index in [-0.39, 0.29) is 5.56 Å². The maximum Gasteiger partial charge on any atom is 0.263 e. The van der Waals surface area contributed by atoms with Gasteiger partial charge in [-0.3, -0.25) is 9.36 Å². The van der Waals surface area contributed by atoms with Gasteiger partial charge in [0.1, 0.15) is 15.6 Å². The molecule has 3 heterocycles. The monoisotopic (exact) mass is 445 g/mol. The van der Waals surface area contributed by atoms with E-state index in [1.54, 1.807) is 40.7 Å². The average molecular weight is 446 g/mol. The molecule has 5 aromatic rings. The Labute approximate surface area is 187 Å². The van der Waals surface area contributed by atoms with Crippen molar-refractivity contribution in [2.45, 2.75) is 13.5 Å². The molecule has 0 bridgehead atoms. The first-order valence-corrected chi connectivity index (χ1v) is 11.5. The summed E-state index contributed by atoms with van der Waals surface area (Å²) < 4.78 is 6.95. The van der Waals surface area contributed by atoms with E-state index in [0.29, 0.717) is 11.9 Å². The van der Waals surface area contributed by atoms with E-state index in [4.69, 9.17) is 9.72 Å². The van der Waals surface area contributed by atoms with Crippen LogP contribution in [0.1, 0.15) is 10.6 Å². The number of fused-ring (bicyclic) bond motifs is 1. The highest BCUT2D eigenvalue weighted by molar-refractivity contribution is 7.19. The predicted octanol–water partition coefficient (Wildman–Crippen LogP) is 5.61. The van der Waals surface area contributed by atoms with Gasteiger partial charge < -0.3 is 4.74 Å². The van der Waals surface area contributed by atoms with Gasteiger partial charge in [-0.1, -0.05) is 42.5 Å². The predicted molar refractivity (Wildman–Crippen MR) is 127 cm³/mol. The summed E-state index contributed by atoms with van der Waals surface area (Å²) in [5, 5.41) is 3.56. The first-order chi connectivity index (χ1) is 15.1. The molecule has 5 nitrogen and oxygen atoms in total. The van der Waals surface area contributed by atoms with Gasteiger partial charge in [-0.25, -0.2) is 9.97 Å². The maximum absolute atomic E-state index is 13.4. The highest BCUT2D eigenvalue weighted by Crippen LogP contribution is 2.35. The van der Waals surface area contributed by atoms with E-state index in [1.165, 1.54) is 0 Å². The van der Waals surface area contributed by atoms with Crippen LogP contribution in [0.15, 0.2) is 71.1 Å². The summed E-state index contributed by atoms with van der Waals surface area (Å²) in [6.07, 6.45) is 1.62. The van der Waals surface area contributed by atoms with Crippen LogP contribution in [0.5, 0.6) is 5.75 Å². The fraction of sp³-hybridized carbons (Fsp3) is 0.125. The summed E-state index contributed by atoms with van der Waals surface area (Å²) in [6, 6.07) is 17.8. The van der Waals surface area contributed by atoms with Crippen LogP contribution >= 0.6 is 22.7 Å². The van der Waals surface area contributed by atoms with E-state index in [1.807, 2.05) is 66.9 Å². The number of thiophene rings is 1. The lowest BCUT2D eigenvalue weighted by atomic mass is 10.0. The van der Waals surface area contributed by atoms with Gasteiger partial charge in [-0.15, -0.1) is 22.7 Å². The van der Waals surface area contributed by atoms with Crippen LogP contribution in [0.4, 0.5) is 0 Å². The van der Waals surface area contributed by atoms with Gasteiger partial charge in [0.15, 0.2) is 0 Å². The number of methoxy groups -OCH3 is 1. The first kappa shape index (κ1) is 19.7. The first-order valence-electron chi connectivity index (χ1n) is 9.77. The van der Waals surface area contributed by atoms with E-state index in [9.17, 15) is 4.79 Å². The zero-order valence-electron chi connectivity index (χ0n) is 17.0. The fourth-order valence-corrected chi connectivity index (χ4v) is 5.46. The normalized spacial score (nSPS) is 11.2. The standard InChI is InChI=1S/C24H19N3O2S2/c1-15-20(16-7-4-3-5-8-16)21-23(31-15)25-14-27(24(21)28)12-18-13-30-22(26-18)17-9-6-10-19(11-17)29-2/h3-11,13-14H,12H2,1-2H3. The molecular weight excluding hydrogens is 426 g/mol. The van der Waals surface area contributed by atoms with Gasteiger partial charge in [0.2, 0.25) is 0 Å². The van der Waals surface area contributed by atoms with Gasteiger partial charge in [-0.2, -0.15) is 0 Å². The maximum atomic E-state index is 13.4. The van der Waals surface area contributed by atoms with Crippen molar-refractivity contribution in [1.29, 1.82) is 0 Å². The molecule has 0 spiro atoms. The van der Waals surface area contributed by atoms with E-state index in [0.717, 1.165) is 42.8 Å². The molecule has 0 atom stereocenters.